The zero-order chi connectivity index (χ0) is 12.5. The lowest BCUT2D eigenvalue weighted by molar-refractivity contribution is 0.628. The molecule has 2 aromatic heterocycles. The summed E-state index contributed by atoms with van der Waals surface area (Å²) in [7, 11) is 1.75. The summed E-state index contributed by atoms with van der Waals surface area (Å²) in [5, 5.41) is 15.2. The van der Waals surface area contributed by atoms with Crippen molar-refractivity contribution < 1.29 is 4.39 Å². The fourth-order valence-corrected chi connectivity index (χ4v) is 1.72. The van der Waals surface area contributed by atoms with Gasteiger partial charge in [0.25, 0.3) is 0 Å². The van der Waals surface area contributed by atoms with E-state index in [0.717, 1.165) is 11.3 Å². The maximum absolute atomic E-state index is 12.9. The van der Waals surface area contributed by atoms with Crippen molar-refractivity contribution in [2.75, 3.05) is 12.4 Å². The van der Waals surface area contributed by atoms with E-state index in [0.29, 0.717) is 11.6 Å². The van der Waals surface area contributed by atoms with Crippen LogP contribution < -0.4 is 5.32 Å². The summed E-state index contributed by atoms with van der Waals surface area (Å²) < 4.78 is 14.5. The molecular weight excluding hydrogens is 269 g/mol. The second-order valence-corrected chi connectivity index (χ2v) is 3.77. The molecule has 0 atom stereocenters. The number of nitrogens with zero attached hydrogens (tertiary/aromatic N) is 4. The van der Waals surface area contributed by atoms with Crippen molar-refractivity contribution >= 4 is 24.0 Å². The van der Waals surface area contributed by atoms with Crippen LogP contribution in [-0.4, -0.2) is 26.9 Å². The molecule has 0 saturated carbocycles. The SMILES string of the molecule is CNc1nnc2ccc(-c3ccc(F)cc3)nn12.Cl. The van der Waals surface area contributed by atoms with Crippen LogP contribution in [0, 0.1) is 5.82 Å². The van der Waals surface area contributed by atoms with E-state index in [2.05, 4.69) is 20.6 Å². The first kappa shape index (κ1) is 13.2. The number of nitrogens with one attached hydrogen (secondary N) is 1. The summed E-state index contributed by atoms with van der Waals surface area (Å²) >= 11 is 0. The summed E-state index contributed by atoms with van der Waals surface area (Å²) in [6.45, 7) is 0. The lowest BCUT2D eigenvalue weighted by Gasteiger charge is -2.02. The number of halogens is 2. The zero-order valence-electron chi connectivity index (χ0n) is 10.0. The van der Waals surface area contributed by atoms with Gasteiger partial charge in [0, 0.05) is 12.6 Å². The first-order chi connectivity index (χ1) is 8.78. The second-order valence-electron chi connectivity index (χ2n) is 3.77. The Labute approximate surface area is 114 Å². The Morgan fingerprint density at radius 3 is 2.47 bits per heavy atom. The molecule has 0 spiro atoms. The normalized spacial score (nSPS) is 10.2. The molecule has 7 heteroatoms. The molecule has 0 unspecified atom stereocenters. The average molecular weight is 280 g/mol. The predicted molar refractivity (Wildman–Crippen MR) is 73.0 cm³/mol. The molecule has 1 aromatic carbocycles. The molecule has 5 nitrogen and oxygen atoms in total. The molecule has 0 fully saturated rings. The van der Waals surface area contributed by atoms with Crippen molar-refractivity contribution in [2.24, 2.45) is 0 Å². The number of fused-ring (bicyclic) bond motifs is 1. The van der Waals surface area contributed by atoms with E-state index in [9.17, 15) is 4.39 Å². The number of benzene rings is 1. The number of anilines is 1. The molecule has 98 valence electrons. The standard InChI is InChI=1S/C12H10FN5.ClH/c1-14-12-16-15-11-7-6-10(17-18(11)12)8-2-4-9(13)5-3-8;/h2-7H,1H3,(H,14,16);1H. The Kier molecular flexibility index (Phi) is 3.62. The van der Waals surface area contributed by atoms with E-state index >= 15 is 0 Å². The van der Waals surface area contributed by atoms with Crippen molar-refractivity contribution in [3.8, 4) is 11.3 Å². The zero-order valence-corrected chi connectivity index (χ0v) is 10.9. The van der Waals surface area contributed by atoms with Crippen molar-refractivity contribution in [1.82, 2.24) is 19.8 Å². The van der Waals surface area contributed by atoms with Gasteiger partial charge in [-0.15, -0.1) is 22.6 Å². The van der Waals surface area contributed by atoms with Crippen LogP contribution in [0.1, 0.15) is 0 Å². The Bertz CT molecular complexity index is 695. The topological polar surface area (TPSA) is 55.1 Å². The lowest BCUT2D eigenvalue weighted by Crippen LogP contribution is -2.00. The summed E-state index contributed by atoms with van der Waals surface area (Å²) in [4.78, 5) is 0. The molecule has 0 radical (unpaired) electrons. The molecule has 0 saturated heterocycles. The van der Waals surface area contributed by atoms with Gasteiger partial charge < -0.3 is 5.32 Å². The summed E-state index contributed by atoms with van der Waals surface area (Å²) in [6, 6.07) is 9.84. The van der Waals surface area contributed by atoms with Crippen molar-refractivity contribution in [1.29, 1.82) is 0 Å². The number of hydrogen-bond acceptors (Lipinski definition) is 4. The van der Waals surface area contributed by atoms with Crippen LogP contribution in [-0.2, 0) is 0 Å². The fraction of sp³-hybridized carbons (Fsp3) is 0.0833. The number of aromatic nitrogens is 4. The maximum atomic E-state index is 12.9. The van der Waals surface area contributed by atoms with Gasteiger partial charge in [0.15, 0.2) is 5.65 Å². The second kappa shape index (κ2) is 5.19. The van der Waals surface area contributed by atoms with Gasteiger partial charge in [0.1, 0.15) is 5.82 Å². The van der Waals surface area contributed by atoms with E-state index < -0.39 is 0 Å². The van der Waals surface area contributed by atoms with E-state index in [1.54, 1.807) is 23.7 Å². The Hall–Kier alpha value is -2.21. The molecule has 0 aliphatic carbocycles. The minimum atomic E-state index is -0.264. The van der Waals surface area contributed by atoms with Crippen LogP contribution in [0.3, 0.4) is 0 Å². The monoisotopic (exact) mass is 279 g/mol. The highest BCUT2D eigenvalue weighted by atomic mass is 35.5. The first-order valence-corrected chi connectivity index (χ1v) is 5.44. The number of rotatable bonds is 2. The van der Waals surface area contributed by atoms with Gasteiger partial charge in [-0.1, -0.05) is 0 Å². The average Bonchev–Trinajstić information content (AvgIpc) is 2.81. The van der Waals surface area contributed by atoms with E-state index in [4.69, 9.17) is 0 Å². The van der Waals surface area contributed by atoms with Crippen LogP contribution in [0.5, 0.6) is 0 Å². The lowest BCUT2D eigenvalue weighted by atomic mass is 10.1. The highest BCUT2D eigenvalue weighted by Gasteiger charge is 2.07. The molecule has 2 heterocycles. The van der Waals surface area contributed by atoms with E-state index in [1.165, 1.54) is 12.1 Å². The van der Waals surface area contributed by atoms with Gasteiger partial charge in [0.05, 0.1) is 5.69 Å². The first-order valence-electron chi connectivity index (χ1n) is 5.44. The molecular formula is C12H11ClFN5. The quantitative estimate of drug-likeness (QED) is 0.783. The highest BCUT2D eigenvalue weighted by molar-refractivity contribution is 5.85. The molecule has 3 aromatic rings. The van der Waals surface area contributed by atoms with Gasteiger partial charge in [0.2, 0.25) is 5.95 Å². The Balaban J connectivity index is 0.00000133. The van der Waals surface area contributed by atoms with Gasteiger partial charge >= 0.3 is 0 Å². The van der Waals surface area contributed by atoms with Gasteiger partial charge in [-0.3, -0.25) is 0 Å². The molecule has 3 rings (SSSR count). The van der Waals surface area contributed by atoms with Crippen LogP contribution >= 0.6 is 12.4 Å². The van der Waals surface area contributed by atoms with Crippen molar-refractivity contribution in [2.45, 2.75) is 0 Å². The summed E-state index contributed by atoms with van der Waals surface area (Å²) in [5.74, 6) is 0.300. The minimum Gasteiger partial charge on any atom is -0.356 e. The summed E-state index contributed by atoms with van der Waals surface area (Å²) in [6.07, 6.45) is 0. The molecule has 0 aliphatic heterocycles. The predicted octanol–water partition coefficient (Wildman–Crippen LogP) is 2.39. The van der Waals surface area contributed by atoms with Crippen molar-refractivity contribution in [3.63, 3.8) is 0 Å². The van der Waals surface area contributed by atoms with Crippen LogP contribution in [0.15, 0.2) is 36.4 Å². The van der Waals surface area contributed by atoms with Crippen molar-refractivity contribution in [3.05, 3.63) is 42.2 Å². The number of hydrogen-bond donors (Lipinski definition) is 1. The third kappa shape index (κ3) is 2.34. The molecule has 0 amide bonds. The molecule has 0 bridgehead atoms. The van der Waals surface area contributed by atoms with Crippen LogP contribution in [0.2, 0.25) is 0 Å². The van der Waals surface area contributed by atoms with E-state index in [1.807, 2.05) is 12.1 Å². The Morgan fingerprint density at radius 1 is 1.05 bits per heavy atom. The maximum Gasteiger partial charge on any atom is 0.245 e. The third-order valence-corrected chi connectivity index (χ3v) is 2.63. The summed E-state index contributed by atoms with van der Waals surface area (Å²) in [5.41, 5.74) is 2.23. The molecule has 0 aliphatic rings. The molecule has 1 N–H and O–H groups in total. The van der Waals surface area contributed by atoms with Gasteiger partial charge in [-0.05, 0) is 36.4 Å². The van der Waals surface area contributed by atoms with Gasteiger partial charge in [-0.25, -0.2) is 4.39 Å². The smallest absolute Gasteiger partial charge is 0.245 e. The van der Waals surface area contributed by atoms with Crippen LogP contribution in [0.25, 0.3) is 16.9 Å². The van der Waals surface area contributed by atoms with Crippen LogP contribution in [0.4, 0.5) is 10.3 Å². The largest absolute Gasteiger partial charge is 0.356 e. The van der Waals surface area contributed by atoms with Gasteiger partial charge in [-0.2, -0.15) is 9.61 Å². The highest BCUT2D eigenvalue weighted by Crippen LogP contribution is 2.18. The van der Waals surface area contributed by atoms with E-state index in [-0.39, 0.29) is 18.2 Å². The molecule has 19 heavy (non-hydrogen) atoms. The minimum absolute atomic E-state index is 0. The fourth-order valence-electron chi connectivity index (χ4n) is 1.72. The third-order valence-electron chi connectivity index (χ3n) is 2.63. The Morgan fingerprint density at radius 2 is 1.79 bits per heavy atom.